The van der Waals surface area contributed by atoms with Crippen LogP contribution in [-0.2, 0) is 4.79 Å². The number of nitrogens with one attached hydrogen (secondary N) is 1. The van der Waals surface area contributed by atoms with E-state index in [1.165, 1.54) is 10.0 Å². The number of amides is 5. The van der Waals surface area contributed by atoms with Crippen molar-refractivity contribution in [3.05, 3.63) is 77.9 Å². The topological polar surface area (TPSA) is 90.0 Å². The van der Waals surface area contributed by atoms with Crippen molar-refractivity contribution in [3.63, 3.8) is 0 Å². The van der Waals surface area contributed by atoms with E-state index in [2.05, 4.69) is 5.32 Å². The maximum atomic E-state index is 13.0. The van der Waals surface area contributed by atoms with Crippen molar-refractivity contribution in [2.24, 2.45) is 0 Å². The third kappa shape index (κ3) is 3.69. The summed E-state index contributed by atoms with van der Waals surface area (Å²) in [7, 11) is 0. The molecule has 0 bridgehead atoms. The van der Waals surface area contributed by atoms with E-state index in [-0.39, 0.29) is 18.9 Å². The largest absolute Gasteiger partial charge is 0.340 e. The van der Waals surface area contributed by atoms with Gasteiger partial charge >= 0.3 is 6.03 Å². The van der Waals surface area contributed by atoms with Crippen LogP contribution >= 0.6 is 0 Å². The van der Waals surface area contributed by atoms with Crippen molar-refractivity contribution in [3.8, 4) is 0 Å². The van der Waals surface area contributed by atoms with Crippen molar-refractivity contribution in [1.29, 1.82) is 0 Å². The Hall–Kier alpha value is -4.20. The number of rotatable bonds is 4. The van der Waals surface area contributed by atoms with Gasteiger partial charge in [0.1, 0.15) is 0 Å². The molecular formula is C25H22N4O4. The van der Waals surface area contributed by atoms with Crippen LogP contribution in [0.3, 0.4) is 0 Å². The maximum absolute atomic E-state index is 13.0. The molecule has 2 aliphatic rings. The highest BCUT2D eigenvalue weighted by Crippen LogP contribution is 2.25. The molecule has 3 aromatic rings. The number of imide groups is 1. The lowest BCUT2D eigenvalue weighted by Gasteiger charge is -2.28. The number of fused-ring (bicyclic) bond motifs is 2. The summed E-state index contributed by atoms with van der Waals surface area (Å²) in [5.74, 6) is -1.09. The first-order valence-electron chi connectivity index (χ1n) is 10.9. The highest BCUT2D eigenvalue weighted by molar-refractivity contribution is 6.21. The lowest BCUT2D eigenvalue weighted by atomic mass is 10.1. The Morgan fingerprint density at radius 1 is 0.788 bits per heavy atom. The van der Waals surface area contributed by atoms with Gasteiger partial charge in [0.25, 0.3) is 11.8 Å². The minimum atomic E-state index is -0.393. The molecule has 0 atom stereocenters. The fraction of sp³-hybridized carbons (Fsp3) is 0.200. The van der Waals surface area contributed by atoms with Gasteiger partial charge in [-0.3, -0.25) is 19.3 Å². The molecule has 33 heavy (non-hydrogen) atoms. The van der Waals surface area contributed by atoms with Crippen LogP contribution in [-0.4, -0.2) is 58.3 Å². The van der Waals surface area contributed by atoms with Crippen molar-refractivity contribution in [1.82, 2.24) is 14.9 Å². The van der Waals surface area contributed by atoms with E-state index in [1.54, 1.807) is 24.3 Å². The summed E-state index contributed by atoms with van der Waals surface area (Å²) in [4.78, 5) is 52.1. The van der Waals surface area contributed by atoms with Crippen molar-refractivity contribution >= 4 is 40.2 Å². The minimum absolute atomic E-state index is 0.0273. The normalized spacial score (nSPS) is 15.3. The summed E-state index contributed by atoms with van der Waals surface area (Å²) >= 11 is 0. The zero-order chi connectivity index (χ0) is 22.9. The Balaban J connectivity index is 1.25. The third-order valence-corrected chi connectivity index (χ3v) is 6.01. The standard InChI is InChI=1S/C25H22N4O4/c30-22(13-16-27-23(31)19-10-3-4-11-20(19)24(27)32)28-14-6-15-29(28)25(33)26-21-12-5-8-17-7-1-2-9-18(17)21/h1-5,7-12H,6,13-16H2,(H,26,33). The molecular weight excluding hydrogens is 420 g/mol. The van der Waals surface area contributed by atoms with Gasteiger partial charge in [0.05, 0.1) is 16.8 Å². The SMILES string of the molecule is O=C1c2ccccc2C(=O)N1CCC(=O)N1CCCN1C(=O)Nc1cccc2ccccc12. The van der Waals surface area contributed by atoms with Gasteiger partial charge in [0, 0.05) is 31.4 Å². The molecule has 1 fully saturated rings. The van der Waals surface area contributed by atoms with Crippen LogP contribution in [0.15, 0.2) is 66.7 Å². The van der Waals surface area contributed by atoms with E-state index in [4.69, 9.17) is 0 Å². The molecule has 8 nitrogen and oxygen atoms in total. The number of nitrogens with zero attached hydrogens (tertiary/aromatic N) is 3. The molecule has 1 saturated heterocycles. The predicted octanol–water partition coefficient (Wildman–Crippen LogP) is 3.51. The smallest absolute Gasteiger partial charge is 0.306 e. The fourth-order valence-electron chi connectivity index (χ4n) is 4.38. The van der Waals surface area contributed by atoms with Gasteiger partial charge in [-0.05, 0) is 30.0 Å². The molecule has 2 aliphatic heterocycles. The Kier molecular flexibility index (Phi) is 5.26. The summed E-state index contributed by atoms with van der Waals surface area (Å²) < 4.78 is 0. The van der Waals surface area contributed by atoms with E-state index >= 15 is 0 Å². The monoisotopic (exact) mass is 442 g/mol. The van der Waals surface area contributed by atoms with Crippen molar-refractivity contribution in [2.75, 3.05) is 25.0 Å². The van der Waals surface area contributed by atoms with Crippen LogP contribution in [0.4, 0.5) is 10.5 Å². The summed E-state index contributed by atoms with van der Waals surface area (Å²) in [6, 6.07) is 19.6. The van der Waals surface area contributed by atoms with Crippen LogP contribution < -0.4 is 5.32 Å². The minimum Gasteiger partial charge on any atom is -0.306 e. The zero-order valence-corrected chi connectivity index (χ0v) is 17.9. The molecule has 166 valence electrons. The molecule has 0 aliphatic carbocycles. The Bertz CT molecular complexity index is 1250. The first-order chi connectivity index (χ1) is 16.0. The molecule has 1 N–H and O–H groups in total. The number of carbonyl (C=O) groups is 4. The molecule has 0 spiro atoms. The number of hydrogen-bond acceptors (Lipinski definition) is 4. The van der Waals surface area contributed by atoms with Gasteiger partial charge in [-0.25, -0.2) is 14.8 Å². The Morgan fingerprint density at radius 3 is 2.18 bits per heavy atom. The first-order valence-corrected chi connectivity index (χ1v) is 10.9. The second kappa shape index (κ2) is 8.38. The third-order valence-electron chi connectivity index (χ3n) is 6.01. The quantitative estimate of drug-likeness (QED) is 0.626. The van der Waals surface area contributed by atoms with Gasteiger partial charge in [0.15, 0.2) is 0 Å². The van der Waals surface area contributed by atoms with Crippen molar-refractivity contribution < 1.29 is 19.2 Å². The number of hydrogen-bond donors (Lipinski definition) is 1. The number of anilines is 1. The van der Waals surface area contributed by atoms with Gasteiger partial charge in [-0.15, -0.1) is 0 Å². The molecule has 0 saturated carbocycles. The van der Waals surface area contributed by atoms with Crippen LogP contribution in [0.5, 0.6) is 0 Å². The second-order valence-electron chi connectivity index (χ2n) is 8.01. The van der Waals surface area contributed by atoms with E-state index in [0.717, 1.165) is 15.7 Å². The number of benzene rings is 3. The van der Waals surface area contributed by atoms with Crippen LogP contribution in [0.25, 0.3) is 10.8 Å². The average Bonchev–Trinajstić information content (AvgIpc) is 3.42. The average molecular weight is 442 g/mol. The molecule has 0 aromatic heterocycles. The molecule has 0 unspecified atom stereocenters. The molecule has 3 aromatic carbocycles. The van der Waals surface area contributed by atoms with Crippen LogP contribution in [0.1, 0.15) is 33.6 Å². The van der Waals surface area contributed by atoms with Gasteiger partial charge in [-0.1, -0.05) is 48.5 Å². The number of carbonyl (C=O) groups excluding carboxylic acids is 4. The lowest BCUT2D eigenvalue weighted by Crippen LogP contribution is -2.47. The molecule has 5 amide bonds. The van der Waals surface area contributed by atoms with E-state index in [1.807, 2.05) is 42.5 Å². The van der Waals surface area contributed by atoms with Crippen LogP contribution in [0, 0.1) is 0 Å². The number of hydrazine groups is 1. The van der Waals surface area contributed by atoms with E-state index < -0.39 is 17.8 Å². The molecule has 0 radical (unpaired) electrons. The summed E-state index contributed by atoms with van der Waals surface area (Å²) in [5, 5.41) is 7.62. The maximum Gasteiger partial charge on any atom is 0.340 e. The predicted molar refractivity (Wildman–Crippen MR) is 122 cm³/mol. The van der Waals surface area contributed by atoms with E-state index in [9.17, 15) is 19.2 Å². The highest BCUT2D eigenvalue weighted by atomic mass is 16.2. The second-order valence-corrected chi connectivity index (χ2v) is 8.01. The Morgan fingerprint density at radius 2 is 1.42 bits per heavy atom. The summed E-state index contributed by atoms with van der Waals surface area (Å²) in [5.41, 5.74) is 1.38. The highest BCUT2D eigenvalue weighted by Gasteiger charge is 2.36. The summed E-state index contributed by atoms with van der Waals surface area (Å²) in [6.45, 7) is 0.791. The van der Waals surface area contributed by atoms with Gasteiger partial charge in [0.2, 0.25) is 5.91 Å². The van der Waals surface area contributed by atoms with Crippen molar-refractivity contribution in [2.45, 2.75) is 12.8 Å². The number of urea groups is 1. The lowest BCUT2D eigenvalue weighted by molar-refractivity contribution is -0.139. The van der Waals surface area contributed by atoms with Gasteiger partial charge in [-0.2, -0.15) is 0 Å². The first kappa shape index (κ1) is 20.7. The Labute approximate surface area is 190 Å². The molecule has 2 heterocycles. The fourth-order valence-corrected chi connectivity index (χ4v) is 4.38. The zero-order valence-electron chi connectivity index (χ0n) is 17.9. The van der Waals surface area contributed by atoms with E-state index in [0.29, 0.717) is 36.3 Å². The van der Waals surface area contributed by atoms with Crippen LogP contribution in [0.2, 0.25) is 0 Å². The van der Waals surface area contributed by atoms with Gasteiger partial charge < -0.3 is 5.32 Å². The summed E-state index contributed by atoms with van der Waals surface area (Å²) in [6.07, 6.45) is 0.602. The molecule has 8 heteroatoms. The molecule has 5 rings (SSSR count).